The van der Waals surface area contributed by atoms with Crippen molar-refractivity contribution in [3.8, 4) is 0 Å². The van der Waals surface area contributed by atoms with Gasteiger partial charge in [-0.1, -0.05) is 0 Å². The molecule has 0 saturated heterocycles. The van der Waals surface area contributed by atoms with E-state index in [1.165, 1.54) is 4.44 Å². The van der Waals surface area contributed by atoms with Crippen LogP contribution in [0.5, 0.6) is 0 Å². The molecule has 2 heteroatoms. The summed E-state index contributed by atoms with van der Waals surface area (Å²) in [7, 11) is 0. The summed E-state index contributed by atoms with van der Waals surface area (Å²) in [5, 5.41) is 0. The molecule has 0 aliphatic rings. The van der Waals surface area contributed by atoms with E-state index in [9.17, 15) is 0 Å². The van der Waals surface area contributed by atoms with Crippen molar-refractivity contribution >= 4 is 14.5 Å². The van der Waals surface area contributed by atoms with Gasteiger partial charge in [-0.3, -0.25) is 0 Å². The first-order valence-electron chi connectivity index (χ1n) is 1.90. The van der Waals surface area contributed by atoms with Crippen LogP contribution < -0.4 is 29.6 Å². The molecular weight excluding hydrogens is 162 g/mol. The van der Waals surface area contributed by atoms with E-state index < -0.39 is 0 Å². The Morgan fingerprint density at radius 3 is 2.57 bits per heavy atom. The summed E-state index contributed by atoms with van der Waals surface area (Å²) in [4.78, 5) is 2.22. The number of hydrogen-bond donors (Lipinski definition) is 0. The Morgan fingerprint density at radius 1 is 1.71 bits per heavy atom. The van der Waals surface area contributed by atoms with E-state index in [0.29, 0.717) is 14.5 Å². The average molecular weight is 169 g/mol. The second-order valence-corrected chi connectivity index (χ2v) is 3.64. The van der Waals surface area contributed by atoms with E-state index in [0.717, 1.165) is 0 Å². The molecule has 0 bridgehead atoms. The van der Waals surface area contributed by atoms with Crippen molar-refractivity contribution in [2.45, 2.75) is 6.92 Å². The molecule has 0 aliphatic carbocycles. The molecule has 0 amide bonds. The van der Waals surface area contributed by atoms with Crippen LogP contribution in [0.4, 0.5) is 0 Å². The number of hydrogen-bond acceptors (Lipinski definition) is 0. The molecule has 0 unspecified atom stereocenters. The molecule has 0 nitrogen and oxygen atoms in total. The van der Waals surface area contributed by atoms with E-state index in [4.69, 9.17) is 0 Å². The summed E-state index contributed by atoms with van der Waals surface area (Å²) in [5.74, 6) is 0. The fraction of sp³-hybridized carbons (Fsp3) is 0.200. The molecule has 1 aromatic heterocycles. The number of aryl methyl sites for hydroxylation is 1. The van der Waals surface area contributed by atoms with Gasteiger partial charge in [0.2, 0.25) is 0 Å². The second-order valence-electron chi connectivity index (χ2n) is 1.22. The Kier molecular flexibility index (Phi) is 4.50. The first kappa shape index (κ1) is 8.00. The summed E-state index contributed by atoms with van der Waals surface area (Å²) in [5.41, 5.74) is 0. The second kappa shape index (κ2) is 3.94. The molecule has 1 rings (SSSR count). The van der Waals surface area contributed by atoms with Gasteiger partial charge in [0.25, 0.3) is 0 Å². The first-order chi connectivity index (χ1) is 2.89. The Balaban J connectivity index is 0. The zero-order valence-corrected chi connectivity index (χ0v) is 8.35. The van der Waals surface area contributed by atoms with Gasteiger partial charge in [-0.15, -0.1) is 0 Å². The average Bonchev–Trinajstić information content (AvgIpc) is 1.86. The van der Waals surface area contributed by atoms with Crippen molar-refractivity contribution in [3.05, 3.63) is 21.5 Å². The molecule has 0 N–H and O–H groups in total. The van der Waals surface area contributed by atoms with E-state index >= 15 is 0 Å². The molecule has 0 fully saturated rings. The van der Waals surface area contributed by atoms with Crippen LogP contribution in [0.25, 0.3) is 0 Å². The minimum atomic E-state index is 0. The summed E-state index contributed by atoms with van der Waals surface area (Å²) in [6.45, 7) is 2.17. The van der Waals surface area contributed by atoms with E-state index in [1.54, 1.807) is 0 Å². The van der Waals surface area contributed by atoms with Crippen molar-refractivity contribution in [2.24, 2.45) is 0 Å². The maximum absolute atomic E-state index is 2.22. The number of rotatable bonds is 0. The largest absolute Gasteiger partial charge is 1.00 e. The fourth-order valence-electron chi connectivity index (χ4n) is 0.361. The van der Waals surface area contributed by atoms with Crippen molar-refractivity contribution in [1.82, 2.24) is 0 Å². The van der Waals surface area contributed by atoms with Gasteiger partial charge < -0.3 is 1.43 Å². The Labute approximate surface area is 73.5 Å². The summed E-state index contributed by atoms with van der Waals surface area (Å²) in [6.07, 6.45) is 0. The van der Waals surface area contributed by atoms with Crippen LogP contribution in [-0.4, -0.2) is 14.5 Å². The Hall–Kier alpha value is 0.999. The van der Waals surface area contributed by atoms with Crippen LogP contribution >= 0.6 is 0 Å². The van der Waals surface area contributed by atoms with Crippen LogP contribution in [0, 0.1) is 6.92 Å². The predicted octanol–water partition coefficient (Wildman–Crippen LogP) is -1.83. The molecule has 1 aromatic rings. The normalized spacial score (nSPS) is 7.57. The van der Waals surface area contributed by atoms with E-state index in [-0.39, 0.29) is 31.0 Å². The third-order valence-electron chi connectivity index (χ3n) is 0.663. The van der Waals surface area contributed by atoms with Crippen LogP contribution in [0.2, 0.25) is 0 Å². The van der Waals surface area contributed by atoms with Crippen LogP contribution in [0.1, 0.15) is 5.86 Å². The SMILES string of the molecule is Cc1ccc[se]1.[H-].[Na+]. The smallest absolute Gasteiger partial charge is 1.00 e. The standard InChI is InChI=1S/C5H6Se.Na.H/c1-5-3-2-4-6-5;;/h2-4H,1H3;;/q;+1;-1. The van der Waals surface area contributed by atoms with Crippen LogP contribution in [-0.2, 0) is 0 Å². The molecule has 1 heterocycles. The molecule has 0 spiro atoms. The topological polar surface area (TPSA) is 0 Å². The molecule has 0 aromatic carbocycles. The maximum atomic E-state index is 2.22. The van der Waals surface area contributed by atoms with E-state index in [1.807, 2.05) is 0 Å². The quantitative estimate of drug-likeness (QED) is 0.401. The third kappa shape index (κ3) is 2.73. The van der Waals surface area contributed by atoms with Gasteiger partial charge in [-0.2, -0.15) is 0 Å². The van der Waals surface area contributed by atoms with Crippen LogP contribution in [0.15, 0.2) is 17.1 Å². The van der Waals surface area contributed by atoms with Crippen LogP contribution in [0.3, 0.4) is 0 Å². The fourth-order valence-corrected chi connectivity index (χ4v) is 1.47. The molecule has 7 heavy (non-hydrogen) atoms. The Morgan fingerprint density at radius 2 is 2.43 bits per heavy atom. The minimum Gasteiger partial charge on any atom is -1.00 e. The molecular formula is C5H7NaSe. The minimum absolute atomic E-state index is 0. The monoisotopic (exact) mass is 170 g/mol. The first-order valence-corrected chi connectivity index (χ1v) is 3.74. The summed E-state index contributed by atoms with van der Waals surface area (Å²) in [6, 6.07) is 4.29. The van der Waals surface area contributed by atoms with Crippen molar-refractivity contribution < 1.29 is 31.0 Å². The zero-order valence-electron chi connectivity index (χ0n) is 5.64. The van der Waals surface area contributed by atoms with Gasteiger partial charge in [-0.25, -0.2) is 0 Å². The third-order valence-corrected chi connectivity index (χ3v) is 2.34. The van der Waals surface area contributed by atoms with Crippen molar-refractivity contribution in [2.75, 3.05) is 0 Å². The molecule has 0 radical (unpaired) electrons. The van der Waals surface area contributed by atoms with Crippen molar-refractivity contribution in [1.29, 1.82) is 0 Å². The van der Waals surface area contributed by atoms with E-state index in [2.05, 4.69) is 24.0 Å². The van der Waals surface area contributed by atoms with Gasteiger partial charge in [-0.05, 0) is 0 Å². The molecule has 0 saturated carbocycles. The Bertz CT molecular complexity index is 116. The van der Waals surface area contributed by atoms with Gasteiger partial charge in [0.1, 0.15) is 0 Å². The predicted molar refractivity (Wildman–Crippen MR) is 29.2 cm³/mol. The van der Waals surface area contributed by atoms with Gasteiger partial charge in [0.05, 0.1) is 0 Å². The molecule has 0 atom stereocenters. The summed E-state index contributed by atoms with van der Waals surface area (Å²) < 4.78 is 1.53. The molecule has 34 valence electrons. The maximum Gasteiger partial charge on any atom is 1.00 e. The van der Waals surface area contributed by atoms with Crippen molar-refractivity contribution in [3.63, 3.8) is 0 Å². The summed E-state index contributed by atoms with van der Waals surface area (Å²) >= 11 is 0.708. The van der Waals surface area contributed by atoms with Gasteiger partial charge in [0.15, 0.2) is 0 Å². The van der Waals surface area contributed by atoms with Gasteiger partial charge >= 0.3 is 72.5 Å². The molecule has 0 aliphatic heterocycles. The zero-order chi connectivity index (χ0) is 4.41. The van der Waals surface area contributed by atoms with Gasteiger partial charge in [0, 0.05) is 0 Å².